The predicted molar refractivity (Wildman–Crippen MR) is 83.5 cm³/mol. The molecule has 0 unspecified atom stereocenters. The van der Waals surface area contributed by atoms with E-state index in [9.17, 15) is 4.79 Å². The Hall–Kier alpha value is -1.69. The van der Waals surface area contributed by atoms with Crippen LogP contribution in [0.5, 0.6) is 0 Å². The summed E-state index contributed by atoms with van der Waals surface area (Å²) in [4.78, 5) is 12.4. The second kappa shape index (κ2) is 6.65. The molecule has 0 aliphatic carbocycles. The highest BCUT2D eigenvalue weighted by atomic mass is 35.5. The molecule has 0 aliphatic heterocycles. The minimum absolute atomic E-state index is 0.297. The quantitative estimate of drug-likeness (QED) is 0.267. The van der Waals surface area contributed by atoms with Crippen LogP contribution in [0, 0.1) is 0 Å². The van der Waals surface area contributed by atoms with Crippen LogP contribution in [0.25, 0.3) is 0 Å². The van der Waals surface area contributed by atoms with E-state index in [1.54, 1.807) is 30.0 Å². The Kier molecular flexibility index (Phi) is 4.89. The van der Waals surface area contributed by atoms with Crippen molar-refractivity contribution < 1.29 is 4.79 Å². The van der Waals surface area contributed by atoms with Crippen molar-refractivity contribution >= 4 is 35.0 Å². The summed E-state index contributed by atoms with van der Waals surface area (Å²) in [6, 6.07) is 12.9. The Morgan fingerprint density at radius 2 is 1.90 bits per heavy atom. The first-order chi connectivity index (χ1) is 9.60. The maximum absolute atomic E-state index is 11.3. The van der Waals surface area contributed by atoms with Crippen molar-refractivity contribution in [3.63, 3.8) is 0 Å². The second-order valence-electron chi connectivity index (χ2n) is 4.14. The summed E-state index contributed by atoms with van der Waals surface area (Å²) in [6.45, 7) is 0. The number of hydrogen-bond acceptors (Lipinski definition) is 4. The summed E-state index contributed by atoms with van der Waals surface area (Å²) in [5.74, 6) is 5.56. The summed E-state index contributed by atoms with van der Waals surface area (Å²) < 4.78 is 0. The van der Waals surface area contributed by atoms with Crippen LogP contribution in [0.15, 0.2) is 47.4 Å². The van der Waals surface area contributed by atoms with E-state index in [4.69, 9.17) is 23.2 Å². The first-order valence-electron chi connectivity index (χ1n) is 5.88. The normalized spacial score (nSPS) is 10.3. The van der Waals surface area contributed by atoms with Crippen LogP contribution in [-0.2, 0) is 5.75 Å². The molecule has 5 N–H and O–H groups in total. The average Bonchev–Trinajstić information content (AvgIpc) is 2.48. The number of carbonyl (C=O) groups excluding carboxylic acids is 1. The Morgan fingerprint density at radius 1 is 1.20 bits per heavy atom. The summed E-state index contributed by atoms with van der Waals surface area (Å²) in [7, 11) is 0. The molecule has 20 heavy (non-hydrogen) atoms. The molecule has 0 saturated heterocycles. The van der Waals surface area contributed by atoms with Crippen LogP contribution in [0.1, 0.15) is 15.9 Å². The largest absolute Gasteiger partial charge is 0.398 e. The molecule has 0 bridgehead atoms. The predicted octanol–water partition coefficient (Wildman–Crippen LogP) is 2.82. The van der Waals surface area contributed by atoms with Gasteiger partial charge in [0.05, 0.1) is 10.7 Å². The third-order valence-corrected chi connectivity index (χ3v) is 4.12. The number of nitrogens with two attached hydrogens (primary N) is 2. The number of halogens is 1. The van der Waals surface area contributed by atoms with Gasteiger partial charge < -0.3 is 5.73 Å². The molecule has 0 saturated carbocycles. The molecule has 0 fully saturated rings. The van der Waals surface area contributed by atoms with E-state index < -0.39 is 0 Å². The number of nitrogens with one attached hydrogen (secondary N) is 1. The van der Waals surface area contributed by atoms with Crippen LogP contribution in [0.4, 0.5) is 5.69 Å². The number of rotatable bonds is 4. The van der Waals surface area contributed by atoms with Crippen molar-refractivity contribution in [2.24, 2.45) is 5.84 Å². The minimum atomic E-state index is -0.297. The van der Waals surface area contributed by atoms with Gasteiger partial charge in [0.15, 0.2) is 0 Å². The van der Waals surface area contributed by atoms with Crippen LogP contribution >= 0.6 is 23.4 Å². The molecule has 1 amide bonds. The maximum atomic E-state index is 11.3. The van der Waals surface area contributed by atoms with Crippen molar-refractivity contribution in [3.05, 3.63) is 58.6 Å². The Balaban J connectivity index is 2.00. The molecule has 2 aromatic rings. The van der Waals surface area contributed by atoms with Gasteiger partial charge in [0.25, 0.3) is 5.91 Å². The highest BCUT2D eigenvalue weighted by Crippen LogP contribution is 2.28. The lowest BCUT2D eigenvalue weighted by Gasteiger charge is -2.05. The zero-order valence-corrected chi connectivity index (χ0v) is 12.2. The van der Waals surface area contributed by atoms with Crippen molar-refractivity contribution in [3.8, 4) is 0 Å². The standard InChI is InChI=1S/C14H14ClN3OS/c15-12-7-11(5-6-13(12)16)20-8-9-1-3-10(4-2-9)14(19)18-17/h1-7H,8,16-17H2,(H,18,19). The van der Waals surface area contributed by atoms with Gasteiger partial charge in [-0.15, -0.1) is 11.8 Å². The third-order valence-electron chi connectivity index (χ3n) is 2.72. The van der Waals surface area contributed by atoms with Crippen molar-refractivity contribution in [2.45, 2.75) is 10.6 Å². The Morgan fingerprint density at radius 3 is 2.50 bits per heavy atom. The van der Waals surface area contributed by atoms with Gasteiger partial charge in [0.1, 0.15) is 0 Å². The fourth-order valence-electron chi connectivity index (χ4n) is 1.60. The number of nitrogen functional groups attached to an aromatic ring is 2. The molecule has 2 rings (SSSR count). The molecule has 0 spiro atoms. The summed E-state index contributed by atoms with van der Waals surface area (Å²) >= 11 is 7.62. The van der Waals surface area contributed by atoms with Gasteiger partial charge in [-0.3, -0.25) is 10.2 Å². The third kappa shape index (κ3) is 3.66. The Labute approximate surface area is 126 Å². The molecule has 0 aliphatic rings. The molecule has 0 radical (unpaired) electrons. The number of thioether (sulfide) groups is 1. The molecule has 6 heteroatoms. The number of hydrazine groups is 1. The lowest BCUT2D eigenvalue weighted by Crippen LogP contribution is -2.29. The van der Waals surface area contributed by atoms with Gasteiger partial charge in [-0.25, -0.2) is 5.84 Å². The lowest BCUT2D eigenvalue weighted by atomic mass is 10.1. The van der Waals surface area contributed by atoms with E-state index in [2.05, 4.69) is 5.43 Å². The van der Waals surface area contributed by atoms with E-state index in [0.29, 0.717) is 16.3 Å². The number of hydrogen-bond donors (Lipinski definition) is 3. The lowest BCUT2D eigenvalue weighted by molar-refractivity contribution is 0.0953. The summed E-state index contributed by atoms with van der Waals surface area (Å²) in [6.07, 6.45) is 0. The molecule has 104 valence electrons. The fraction of sp³-hybridized carbons (Fsp3) is 0.0714. The van der Waals surface area contributed by atoms with Crippen molar-refractivity contribution in [1.82, 2.24) is 5.43 Å². The van der Waals surface area contributed by atoms with Gasteiger partial charge in [0.2, 0.25) is 0 Å². The monoisotopic (exact) mass is 307 g/mol. The van der Waals surface area contributed by atoms with Crippen LogP contribution < -0.4 is 17.0 Å². The average molecular weight is 308 g/mol. The fourth-order valence-corrected chi connectivity index (χ4v) is 2.74. The van der Waals surface area contributed by atoms with E-state index in [0.717, 1.165) is 16.2 Å². The molecular weight excluding hydrogens is 294 g/mol. The van der Waals surface area contributed by atoms with Crippen LogP contribution in [0.3, 0.4) is 0 Å². The van der Waals surface area contributed by atoms with Crippen molar-refractivity contribution in [1.29, 1.82) is 0 Å². The van der Waals surface area contributed by atoms with Gasteiger partial charge in [-0.2, -0.15) is 0 Å². The smallest absolute Gasteiger partial charge is 0.265 e. The summed E-state index contributed by atoms with van der Waals surface area (Å²) in [5, 5.41) is 0.560. The highest BCUT2D eigenvalue weighted by Gasteiger charge is 2.04. The summed E-state index contributed by atoms with van der Waals surface area (Å²) in [5.41, 5.74) is 9.99. The van der Waals surface area contributed by atoms with Crippen LogP contribution in [0.2, 0.25) is 5.02 Å². The molecule has 0 aromatic heterocycles. The zero-order chi connectivity index (χ0) is 14.5. The maximum Gasteiger partial charge on any atom is 0.265 e. The van der Waals surface area contributed by atoms with Crippen molar-refractivity contribution in [2.75, 3.05) is 5.73 Å². The second-order valence-corrected chi connectivity index (χ2v) is 5.60. The van der Waals surface area contributed by atoms with Gasteiger partial charge in [-0.1, -0.05) is 23.7 Å². The number of amides is 1. The topological polar surface area (TPSA) is 81.1 Å². The first-order valence-corrected chi connectivity index (χ1v) is 7.24. The minimum Gasteiger partial charge on any atom is -0.398 e. The van der Waals surface area contributed by atoms with Gasteiger partial charge in [-0.05, 0) is 35.9 Å². The molecule has 0 heterocycles. The zero-order valence-electron chi connectivity index (χ0n) is 10.6. The number of carbonyl (C=O) groups is 1. The van der Waals surface area contributed by atoms with E-state index in [1.165, 1.54) is 0 Å². The van der Waals surface area contributed by atoms with Gasteiger partial charge >= 0.3 is 0 Å². The van der Waals surface area contributed by atoms with Crippen LogP contribution in [-0.4, -0.2) is 5.91 Å². The van der Waals surface area contributed by atoms with E-state index >= 15 is 0 Å². The first kappa shape index (κ1) is 14.7. The molecule has 4 nitrogen and oxygen atoms in total. The molecule has 2 aromatic carbocycles. The van der Waals surface area contributed by atoms with E-state index in [1.807, 2.05) is 24.3 Å². The SMILES string of the molecule is NNC(=O)c1ccc(CSc2ccc(N)c(Cl)c2)cc1. The van der Waals surface area contributed by atoms with Gasteiger partial charge in [0, 0.05) is 16.2 Å². The van der Waals surface area contributed by atoms with E-state index in [-0.39, 0.29) is 5.91 Å². The number of anilines is 1. The molecule has 0 atom stereocenters. The highest BCUT2D eigenvalue weighted by molar-refractivity contribution is 7.98. The molecular formula is C14H14ClN3OS. The number of benzene rings is 2. The Bertz CT molecular complexity index is 616.